The number of nitrogens with zero attached hydrogens (tertiary/aromatic N) is 1. The van der Waals surface area contributed by atoms with E-state index in [1.165, 1.54) is 6.26 Å². The number of pyridine rings is 1. The molecule has 0 spiro atoms. The predicted molar refractivity (Wildman–Crippen MR) is 59.3 cm³/mol. The third kappa shape index (κ3) is 2.14. The SMILES string of the molecule is CCOC(=O)C1=COc2nc(C)ccc2[C@H]1O. The van der Waals surface area contributed by atoms with Crippen LogP contribution in [0.15, 0.2) is 24.0 Å². The average molecular weight is 235 g/mol. The summed E-state index contributed by atoms with van der Waals surface area (Å²) < 4.78 is 10.0. The Labute approximate surface area is 98.7 Å². The maximum Gasteiger partial charge on any atom is 0.340 e. The molecule has 1 N–H and O–H groups in total. The summed E-state index contributed by atoms with van der Waals surface area (Å²) in [6.45, 7) is 3.77. The molecule has 17 heavy (non-hydrogen) atoms. The van der Waals surface area contributed by atoms with E-state index < -0.39 is 12.1 Å². The predicted octanol–water partition coefficient (Wildman–Crippen LogP) is 1.26. The first-order valence-corrected chi connectivity index (χ1v) is 5.33. The summed E-state index contributed by atoms with van der Waals surface area (Å²) in [5, 5.41) is 10.0. The van der Waals surface area contributed by atoms with Gasteiger partial charge >= 0.3 is 5.97 Å². The highest BCUT2D eigenvalue weighted by Gasteiger charge is 2.29. The lowest BCUT2D eigenvalue weighted by Gasteiger charge is -2.20. The van der Waals surface area contributed by atoms with E-state index in [9.17, 15) is 9.90 Å². The molecule has 0 fully saturated rings. The van der Waals surface area contributed by atoms with Gasteiger partial charge in [0.1, 0.15) is 17.9 Å². The summed E-state index contributed by atoms with van der Waals surface area (Å²) in [7, 11) is 0. The van der Waals surface area contributed by atoms with Gasteiger partial charge in [-0.15, -0.1) is 0 Å². The van der Waals surface area contributed by atoms with Crippen molar-refractivity contribution in [2.75, 3.05) is 6.61 Å². The summed E-state index contributed by atoms with van der Waals surface area (Å²) in [6.07, 6.45) is 0.142. The molecule has 1 atom stereocenters. The maximum atomic E-state index is 11.5. The molecule has 0 saturated carbocycles. The second-order valence-electron chi connectivity index (χ2n) is 3.66. The van der Waals surface area contributed by atoms with Crippen molar-refractivity contribution < 1.29 is 19.4 Å². The van der Waals surface area contributed by atoms with E-state index in [-0.39, 0.29) is 12.2 Å². The quantitative estimate of drug-likeness (QED) is 0.781. The molecule has 1 aliphatic heterocycles. The Morgan fingerprint density at radius 1 is 1.59 bits per heavy atom. The minimum absolute atomic E-state index is 0.0880. The van der Waals surface area contributed by atoms with E-state index in [1.54, 1.807) is 19.1 Å². The number of aromatic nitrogens is 1. The van der Waals surface area contributed by atoms with Gasteiger partial charge < -0.3 is 14.6 Å². The third-order valence-electron chi connectivity index (χ3n) is 2.43. The van der Waals surface area contributed by atoms with Gasteiger partial charge in [-0.2, -0.15) is 0 Å². The van der Waals surface area contributed by atoms with Crippen molar-refractivity contribution in [1.82, 2.24) is 4.98 Å². The Morgan fingerprint density at radius 2 is 2.35 bits per heavy atom. The number of rotatable bonds is 2. The van der Waals surface area contributed by atoms with Crippen molar-refractivity contribution in [3.63, 3.8) is 0 Å². The number of fused-ring (bicyclic) bond motifs is 1. The second kappa shape index (κ2) is 4.55. The zero-order chi connectivity index (χ0) is 12.4. The summed E-state index contributed by atoms with van der Waals surface area (Å²) in [5.74, 6) is -0.253. The second-order valence-corrected chi connectivity index (χ2v) is 3.66. The molecule has 5 nitrogen and oxygen atoms in total. The van der Waals surface area contributed by atoms with E-state index in [0.717, 1.165) is 5.69 Å². The monoisotopic (exact) mass is 235 g/mol. The summed E-state index contributed by atoms with van der Waals surface area (Å²) in [4.78, 5) is 15.7. The number of aliphatic hydroxyl groups is 1. The molecule has 1 aromatic heterocycles. The standard InChI is InChI=1S/C12H13NO4/c1-3-16-12(15)9-6-17-11-8(10(9)14)5-4-7(2)13-11/h4-6,10,14H,3H2,1-2H3/t10-/m1/s1. The molecule has 2 rings (SSSR count). The molecule has 0 radical (unpaired) electrons. The van der Waals surface area contributed by atoms with Gasteiger partial charge in [-0.3, -0.25) is 0 Å². The van der Waals surface area contributed by atoms with E-state index in [4.69, 9.17) is 9.47 Å². The van der Waals surface area contributed by atoms with Gasteiger partial charge in [0, 0.05) is 11.3 Å². The molecule has 0 aromatic carbocycles. The zero-order valence-electron chi connectivity index (χ0n) is 9.64. The van der Waals surface area contributed by atoms with E-state index in [0.29, 0.717) is 11.4 Å². The Kier molecular flexibility index (Phi) is 3.10. The summed E-state index contributed by atoms with van der Waals surface area (Å²) in [5.41, 5.74) is 1.34. The highest BCUT2D eigenvalue weighted by Crippen LogP contribution is 2.33. The van der Waals surface area contributed by atoms with Crippen molar-refractivity contribution in [3.05, 3.63) is 35.2 Å². The van der Waals surface area contributed by atoms with Gasteiger partial charge in [0.2, 0.25) is 5.88 Å². The highest BCUT2D eigenvalue weighted by atomic mass is 16.5. The minimum atomic E-state index is -1.05. The number of aryl methyl sites for hydroxylation is 1. The molecule has 0 aliphatic carbocycles. The lowest BCUT2D eigenvalue weighted by atomic mass is 10.0. The van der Waals surface area contributed by atoms with Gasteiger partial charge in [-0.05, 0) is 26.0 Å². The van der Waals surface area contributed by atoms with Crippen LogP contribution in [0, 0.1) is 6.92 Å². The van der Waals surface area contributed by atoms with Gasteiger partial charge in [-0.1, -0.05) is 0 Å². The molecule has 0 bridgehead atoms. The van der Waals surface area contributed by atoms with Crippen LogP contribution in [0.2, 0.25) is 0 Å². The normalized spacial score (nSPS) is 17.8. The van der Waals surface area contributed by atoms with Gasteiger partial charge in [0.05, 0.1) is 6.61 Å². The zero-order valence-corrected chi connectivity index (χ0v) is 9.64. The number of ether oxygens (including phenoxy) is 2. The van der Waals surface area contributed by atoms with Crippen LogP contribution in [0.25, 0.3) is 0 Å². The minimum Gasteiger partial charge on any atom is -0.462 e. The number of hydrogen-bond donors (Lipinski definition) is 1. The van der Waals surface area contributed by atoms with E-state index >= 15 is 0 Å². The summed E-state index contributed by atoms with van der Waals surface area (Å²) in [6, 6.07) is 3.44. The van der Waals surface area contributed by atoms with Crippen LogP contribution >= 0.6 is 0 Å². The van der Waals surface area contributed by atoms with Crippen molar-refractivity contribution in [3.8, 4) is 5.88 Å². The van der Waals surface area contributed by atoms with Gasteiger partial charge in [0.25, 0.3) is 0 Å². The number of carbonyl (C=O) groups excluding carboxylic acids is 1. The smallest absolute Gasteiger partial charge is 0.340 e. The molecule has 1 aromatic rings. The van der Waals surface area contributed by atoms with Crippen molar-refractivity contribution >= 4 is 5.97 Å². The Morgan fingerprint density at radius 3 is 3.06 bits per heavy atom. The van der Waals surface area contributed by atoms with Crippen LogP contribution in [0.1, 0.15) is 24.3 Å². The first-order valence-electron chi connectivity index (χ1n) is 5.33. The highest BCUT2D eigenvalue weighted by molar-refractivity contribution is 5.90. The first-order chi connectivity index (χ1) is 8.13. The average Bonchev–Trinajstić information content (AvgIpc) is 2.29. The van der Waals surface area contributed by atoms with Crippen LogP contribution in [-0.4, -0.2) is 22.7 Å². The molecule has 1 aliphatic rings. The van der Waals surface area contributed by atoms with Gasteiger partial charge in [-0.25, -0.2) is 9.78 Å². The molecular formula is C12H13NO4. The molecular weight excluding hydrogens is 222 g/mol. The molecule has 90 valence electrons. The maximum absolute atomic E-state index is 11.5. The summed E-state index contributed by atoms with van der Waals surface area (Å²) >= 11 is 0. The fourth-order valence-corrected chi connectivity index (χ4v) is 1.57. The Hall–Kier alpha value is -1.88. The molecule has 0 unspecified atom stereocenters. The van der Waals surface area contributed by atoms with E-state index in [1.807, 2.05) is 6.92 Å². The molecule has 0 amide bonds. The van der Waals surface area contributed by atoms with Crippen molar-refractivity contribution in [2.24, 2.45) is 0 Å². The molecule has 5 heteroatoms. The third-order valence-corrected chi connectivity index (χ3v) is 2.43. The molecule has 2 heterocycles. The van der Waals surface area contributed by atoms with Gasteiger partial charge in [0.15, 0.2) is 0 Å². The topological polar surface area (TPSA) is 68.7 Å². The molecule has 0 saturated heterocycles. The Bertz CT molecular complexity index is 481. The van der Waals surface area contributed by atoms with Crippen molar-refractivity contribution in [2.45, 2.75) is 20.0 Å². The fraction of sp³-hybridized carbons (Fsp3) is 0.333. The Balaban J connectivity index is 2.30. The van der Waals surface area contributed by atoms with Crippen LogP contribution in [0.3, 0.4) is 0 Å². The van der Waals surface area contributed by atoms with Crippen LogP contribution in [-0.2, 0) is 9.53 Å². The lowest BCUT2D eigenvalue weighted by molar-refractivity contribution is -0.140. The van der Waals surface area contributed by atoms with E-state index in [2.05, 4.69) is 4.98 Å². The fourth-order valence-electron chi connectivity index (χ4n) is 1.57. The van der Waals surface area contributed by atoms with Crippen LogP contribution < -0.4 is 4.74 Å². The number of aliphatic hydroxyl groups excluding tert-OH is 1. The van der Waals surface area contributed by atoms with Crippen LogP contribution in [0.5, 0.6) is 5.88 Å². The largest absolute Gasteiger partial charge is 0.462 e. The number of esters is 1. The van der Waals surface area contributed by atoms with Crippen molar-refractivity contribution in [1.29, 1.82) is 0 Å². The van der Waals surface area contributed by atoms with Crippen LogP contribution in [0.4, 0.5) is 0 Å². The number of carbonyl (C=O) groups is 1. The lowest BCUT2D eigenvalue weighted by Crippen LogP contribution is -2.19. The number of hydrogen-bond acceptors (Lipinski definition) is 5. The first kappa shape index (κ1) is 11.6.